The standard InChI is InChI=1S/C14H24ClN3/c1-4-7-16-9-12-6-5-11(12)8-13-14(15)10(2)17-18(13)3/h11-12,16H,4-9H2,1-3H3. The lowest BCUT2D eigenvalue weighted by atomic mass is 9.71. The number of nitrogens with zero attached hydrogens (tertiary/aromatic N) is 2. The minimum atomic E-state index is 0.779. The second kappa shape index (κ2) is 6.07. The molecule has 1 aliphatic rings. The van der Waals surface area contributed by atoms with Crippen molar-refractivity contribution in [3.8, 4) is 0 Å². The van der Waals surface area contributed by atoms with Crippen LogP contribution in [-0.4, -0.2) is 22.9 Å². The van der Waals surface area contributed by atoms with E-state index in [1.165, 1.54) is 25.0 Å². The molecule has 0 spiro atoms. The van der Waals surface area contributed by atoms with Gasteiger partial charge in [0.2, 0.25) is 0 Å². The van der Waals surface area contributed by atoms with Crippen molar-refractivity contribution in [2.75, 3.05) is 13.1 Å². The van der Waals surface area contributed by atoms with E-state index in [0.717, 1.165) is 42.1 Å². The molecule has 0 aliphatic heterocycles. The average molecular weight is 270 g/mol. The van der Waals surface area contributed by atoms with E-state index >= 15 is 0 Å². The van der Waals surface area contributed by atoms with Gasteiger partial charge in [-0.15, -0.1) is 0 Å². The Bertz CT molecular complexity index is 400. The first-order chi connectivity index (χ1) is 8.63. The Morgan fingerprint density at radius 3 is 2.61 bits per heavy atom. The smallest absolute Gasteiger partial charge is 0.0847 e. The van der Waals surface area contributed by atoms with Crippen LogP contribution in [0.4, 0.5) is 0 Å². The van der Waals surface area contributed by atoms with Crippen LogP contribution in [0.3, 0.4) is 0 Å². The summed E-state index contributed by atoms with van der Waals surface area (Å²) in [5, 5.41) is 8.79. The molecular formula is C14H24ClN3. The highest BCUT2D eigenvalue weighted by Gasteiger charge is 2.31. The van der Waals surface area contributed by atoms with Crippen molar-refractivity contribution < 1.29 is 0 Å². The Morgan fingerprint density at radius 2 is 2.11 bits per heavy atom. The third-order valence-corrected chi connectivity index (χ3v) is 4.62. The van der Waals surface area contributed by atoms with Crippen molar-refractivity contribution in [2.24, 2.45) is 18.9 Å². The minimum absolute atomic E-state index is 0.779. The SMILES string of the molecule is CCCNCC1CCC1Cc1c(Cl)c(C)nn1C. The lowest BCUT2D eigenvalue weighted by Crippen LogP contribution is -2.37. The molecule has 1 aromatic heterocycles. The molecule has 1 aliphatic carbocycles. The second-order valence-electron chi connectivity index (χ2n) is 5.48. The third-order valence-electron chi connectivity index (χ3n) is 4.13. The summed E-state index contributed by atoms with van der Waals surface area (Å²) in [7, 11) is 2.00. The van der Waals surface area contributed by atoms with E-state index in [4.69, 9.17) is 11.6 Å². The van der Waals surface area contributed by atoms with Crippen LogP contribution in [0.25, 0.3) is 0 Å². The summed E-state index contributed by atoms with van der Waals surface area (Å²) in [5.74, 6) is 1.60. The zero-order valence-electron chi connectivity index (χ0n) is 11.7. The molecule has 2 unspecified atom stereocenters. The fourth-order valence-corrected chi connectivity index (χ4v) is 3.03. The first-order valence-corrected chi connectivity index (χ1v) is 7.40. The maximum atomic E-state index is 6.31. The zero-order chi connectivity index (χ0) is 13.1. The second-order valence-corrected chi connectivity index (χ2v) is 5.85. The summed E-state index contributed by atoms with van der Waals surface area (Å²) in [5.41, 5.74) is 2.16. The first kappa shape index (κ1) is 13.9. The number of aromatic nitrogens is 2. The lowest BCUT2D eigenvalue weighted by Gasteiger charge is -2.37. The van der Waals surface area contributed by atoms with Crippen LogP contribution in [0.2, 0.25) is 5.02 Å². The van der Waals surface area contributed by atoms with E-state index < -0.39 is 0 Å². The number of halogens is 1. The Morgan fingerprint density at radius 1 is 1.39 bits per heavy atom. The maximum Gasteiger partial charge on any atom is 0.0847 e. The molecule has 1 saturated carbocycles. The van der Waals surface area contributed by atoms with Crippen molar-refractivity contribution in [3.63, 3.8) is 0 Å². The fraction of sp³-hybridized carbons (Fsp3) is 0.786. The number of aryl methyl sites for hydroxylation is 2. The predicted octanol–water partition coefficient (Wildman–Crippen LogP) is 2.95. The topological polar surface area (TPSA) is 29.9 Å². The van der Waals surface area contributed by atoms with E-state index in [-0.39, 0.29) is 0 Å². The largest absolute Gasteiger partial charge is 0.316 e. The maximum absolute atomic E-state index is 6.31. The number of hydrogen-bond acceptors (Lipinski definition) is 2. The molecular weight excluding hydrogens is 246 g/mol. The monoisotopic (exact) mass is 269 g/mol. The van der Waals surface area contributed by atoms with Crippen molar-refractivity contribution in [2.45, 2.75) is 39.5 Å². The summed E-state index contributed by atoms with van der Waals surface area (Å²) in [6.07, 6.45) is 4.98. The van der Waals surface area contributed by atoms with Crippen molar-refractivity contribution in [1.82, 2.24) is 15.1 Å². The Labute approximate surface area is 115 Å². The fourth-order valence-electron chi connectivity index (χ4n) is 2.79. The molecule has 1 N–H and O–H groups in total. The van der Waals surface area contributed by atoms with Crippen LogP contribution in [0, 0.1) is 18.8 Å². The van der Waals surface area contributed by atoms with Gasteiger partial charge in [0.1, 0.15) is 0 Å². The normalized spacial score (nSPS) is 23.1. The summed E-state index contributed by atoms with van der Waals surface area (Å²) < 4.78 is 1.95. The van der Waals surface area contributed by atoms with Crippen LogP contribution in [0.1, 0.15) is 37.6 Å². The van der Waals surface area contributed by atoms with Crippen LogP contribution < -0.4 is 5.32 Å². The predicted molar refractivity (Wildman–Crippen MR) is 76.0 cm³/mol. The molecule has 1 heterocycles. The first-order valence-electron chi connectivity index (χ1n) is 7.02. The van der Waals surface area contributed by atoms with Gasteiger partial charge in [0.25, 0.3) is 0 Å². The summed E-state index contributed by atoms with van der Waals surface area (Å²) in [6, 6.07) is 0. The Balaban J connectivity index is 1.89. The van der Waals surface area contributed by atoms with Gasteiger partial charge in [0.15, 0.2) is 0 Å². The van der Waals surface area contributed by atoms with Gasteiger partial charge in [-0.2, -0.15) is 5.10 Å². The van der Waals surface area contributed by atoms with Gasteiger partial charge in [0, 0.05) is 7.05 Å². The summed E-state index contributed by atoms with van der Waals surface area (Å²) in [6.45, 7) is 6.48. The number of nitrogens with one attached hydrogen (secondary N) is 1. The van der Waals surface area contributed by atoms with E-state index in [0.29, 0.717) is 0 Å². The average Bonchev–Trinajstić information content (AvgIpc) is 2.55. The van der Waals surface area contributed by atoms with Gasteiger partial charge in [-0.3, -0.25) is 4.68 Å². The van der Waals surface area contributed by atoms with Crippen molar-refractivity contribution >= 4 is 11.6 Å². The zero-order valence-corrected chi connectivity index (χ0v) is 12.4. The van der Waals surface area contributed by atoms with Crippen molar-refractivity contribution in [3.05, 3.63) is 16.4 Å². The minimum Gasteiger partial charge on any atom is -0.316 e. The summed E-state index contributed by atoms with van der Waals surface area (Å²) >= 11 is 6.31. The highest BCUT2D eigenvalue weighted by Crippen LogP contribution is 2.37. The molecule has 4 heteroatoms. The molecule has 3 nitrogen and oxygen atoms in total. The van der Waals surface area contributed by atoms with Crippen LogP contribution >= 0.6 is 11.6 Å². The molecule has 18 heavy (non-hydrogen) atoms. The quantitative estimate of drug-likeness (QED) is 0.805. The summed E-state index contributed by atoms with van der Waals surface area (Å²) in [4.78, 5) is 0. The molecule has 102 valence electrons. The lowest BCUT2D eigenvalue weighted by molar-refractivity contribution is 0.168. The third kappa shape index (κ3) is 2.89. The molecule has 0 saturated heterocycles. The molecule has 1 aromatic rings. The van der Waals surface area contributed by atoms with Gasteiger partial charge in [0.05, 0.1) is 16.4 Å². The molecule has 0 bridgehead atoms. The number of hydrogen-bond donors (Lipinski definition) is 1. The van der Waals surface area contributed by atoms with E-state index in [2.05, 4.69) is 17.3 Å². The molecule has 0 amide bonds. The Kier molecular flexibility index (Phi) is 4.68. The van der Waals surface area contributed by atoms with Crippen LogP contribution in [0.5, 0.6) is 0 Å². The highest BCUT2D eigenvalue weighted by atomic mass is 35.5. The highest BCUT2D eigenvalue weighted by molar-refractivity contribution is 6.31. The van der Waals surface area contributed by atoms with Crippen LogP contribution in [-0.2, 0) is 13.5 Å². The number of rotatable bonds is 6. The van der Waals surface area contributed by atoms with Gasteiger partial charge < -0.3 is 5.32 Å². The van der Waals surface area contributed by atoms with Gasteiger partial charge >= 0.3 is 0 Å². The van der Waals surface area contributed by atoms with Crippen molar-refractivity contribution in [1.29, 1.82) is 0 Å². The van der Waals surface area contributed by atoms with Gasteiger partial charge in [-0.25, -0.2) is 0 Å². The molecule has 1 fully saturated rings. The van der Waals surface area contributed by atoms with Crippen LogP contribution in [0.15, 0.2) is 0 Å². The van der Waals surface area contributed by atoms with E-state index in [9.17, 15) is 0 Å². The molecule has 2 rings (SSSR count). The molecule has 0 aromatic carbocycles. The van der Waals surface area contributed by atoms with Gasteiger partial charge in [-0.1, -0.05) is 18.5 Å². The van der Waals surface area contributed by atoms with E-state index in [1.54, 1.807) is 0 Å². The molecule has 2 atom stereocenters. The Hall–Kier alpha value is -0.540. The van der Waals surface area contributed by atoms with Gasteiger partial charge in [-0.05, 0) is 57.5 Å². The molecule has 0 radical (unpaired) electrons. The van der Waals surface area contributed by atoms with E-state index in [1.807, 2.05) is 18.7 Å².